The molecule has 140 valence electrons. The third kappa shape index (κ3) is 5.09. The number of carbonyl (C=O) groups excluding carboxylic acids is 2. The van der Waals surface area contributed by atoms with Gasteiger partial charge in [-0.1, -0.05) is 65.7 Å². The molecule has 0 aliphatic rings. The predicted molar refractivity (Wildman–Crippen MR) is 113 cm³/mol. The number of benzene rings is 3. The molecule has 2 amide bonds. The van der Waals surface area contributed by atoms with Crippen molar-refractivity contribution in [2.75, 3.05) is 5.32 Å². The highest BCUT2D eigenvalue weighted by atomic mass is 35.5. The standard InChI is InChI=1S/C23H19ClN2O2/c1-16-11-13-17(14-12-16)22(27)26-21(15-18-7-5-6-10-20(18)24)23(28)25-19-8-3-2-4-9-19/h2-15H,1H3,(H,25,28)(H,26,27)/b21-15+. The van der Waals surface area contributed by atoms with E-state index in [1.165, 1.54) is 0 Å². The number of aryl methyl sites for hydroxylation is 1. The van der Waals surface area contributed by atoms with Gasteiger partial charge in [-0.25, -0.2) is 0 Å². The van der Waals surface area contributed by atoms with E-state index in [4.69, 9.17) is 11.6 Å². The molecule has 2 N–H and O–H groups in total. The highest BCUT2D eigenvalue weighted by molar-refractivity contribution is 6.32. The number of hydrogen-bond acceptors (Lipinski definition) is 2. The number of carbonyl (C=O) groups is 2. The zero-order valence-electron chi connectivity index (χ0n) is 15.3. The number of nitrogens with one attached hydrogen (secondary N) is 2. The van der Waals surface area contributed by atoms with E-state index in [1.807, 2.05) is 43.3 Å². The Bertz CT molecular complexity index is 1010. The van der Waals surface area contributed by atoms with Gasteiger partial charge in [0.05, 0.1) is 0 Å². The Labute approximate surface area is 168 Å². The third-order valence-electron chi connectivity index (χ3n) is 4.04. The maximum Gasteiger partial charge on any atom is 0.272 e. The van der Waals surface area contributed by atoms with Crippen LogP contribution in [0.4, 0.5) is 5.69 Å². The van der Waals surface area contributed by atoms with E-state index in [9.17, 15) is 9.59 Å². The Balaban J connectivity index is 1.89. The number of para-hydroxylation sites is 1. The van der Waals surface area contributed by atoms with Crippen LogP contribution < -0.4 is 10.6 Å². The molecule has 0 unspecified atom stereocenters. The van der Waals surface area contributed by atoms with E-state index in [-0.39, 0.29) is 11.6 Å². The van der Waals surface area contributed by atoms with Crippen LogP contribution in [-0.2, 0) is 4.79 Å². The highest BCUT2D eigenvalue weighted by Crippen LogP contribution is 2.18. The van der Waals surface area contributed by atoms with Crippen molar-refractivity contribution in [3.8, 4) is 0 Å². The fourth-order valence-electron chi connectivity index (χ4n) is 2.53. The highest BCUT2D eigenvalue weighted by Gasteiger charge is 2.15. The molecule has 5 heteroatoms. The van der Waals surface area contributed by atoms with Gasteiger partial charge in [0.15, 0.2) is 0 Å². The molecule has 0 fully saturated rings. The first-order valence-electron chi connectivity index (χ1n) is 8.73. The van der Waals surface area contributed by atoms with Crippen molar-refractivity contribution >= 4 is 35.2 Å². The van der Waals surface area contributed by atoms with Crippen molar-refractivity contribution < 1.29 is 9.59 Å². The molecule has 0 spiro atoms. The first kappa shape index (κ1) is 19.4. The molecule has 0 saturated heterocycles. The molecule has 3 aromatic rings. The Kier molecular flexibility index (Phi) is 6.25. The van der Waals surface area contributed by atoms with E-state index in [0.29, 0.717) is 21.8 Å². The monoisotopic (exact) mass is 390 g/mol. The van der Waals surface area contributed by atoms with Crippen molar-refractivity contribution in [3.63, 3.8) is 0 Å². The van der Waals surface area contributed by atoms with E-state index < -0.39 is 5.91 Å². The molecule has 0 atom stereocenters. The third-order valence-corrected chi connectivity index (χ3v) is 4.39. The second-order valence-electron chi connectivity index (χ2n) is 6.22. The van der Waals surface area contributed by atoms with Gasteiger partial charge in [-0.05, 0) is 48.9 Å². The maximum atomic E-state index is 12.8. The van der Waals surface area contributed by atoms with Crippen LogP contribution in [-0.4, -0.2) is 11.8 Å². The van der Waals surface area contributed by atoms with Crippen LogP contribution in [0.1, 0.15) is 21.5 Å². The summed E-state index contributed by atoms with van der Waals surface area (Å²) in [5.41, 5.74) is 2.87. The zero-order chi connectivity index (χ0) is 19.9. The number of rotatable bonds is 5. The topological polar surface area (TPSA) is 58.2 Å². The van der Waals surface area contributed by atoms with Crippen molar-refractivity contribution in [1.82, 2.24) is 5.32 Å². The SMILES string of the molecule is Cc1ccc(C(=O)N/C(=C/c2ccccc2Cl)C(=O)Nc2ccccc2)cc1. The molecule has 0 bridgehead atoms. The number of hydrogen-bond donors (Lipinski definition) is 2. The minimum atomic E-state index is -0.438. The van der Waals surface area contributed by atoms with E-state index in [2.05, 4.69) is 10.6 Å². The summed E-state index contributed by atoms with van der Waals surface area (Å²) in [6.45, 7) is 1.94. The molecule has 0 saturated carbocycles. The molecule has 4 nitrogen and oxygen atoms in total. The maximum absolute atomic E-state index is 12.8. The molecular formula is C23H19ClN2O2. The second kappa shape index (κ2) is 9.02. The summed E-state index contributed by atoms with van der Waals surface area (Å²) in [4.78, 5) is 25.4. The summed E-state index contributed by atoms with van der Waals surface area (Å²) >= 11 is 6.22. The molecule has 0 heterocycles. The van der Waals surface area contributed by atoms with Crippen molar-refractivity contribution in [2.45, 2.75) is 6.92 Å². The lowest BCUT2D eigenvalue weighted by atomic mass is 10.1. The first-order chi connectivity index (χ1) is 13.5. The summed E-state index contributed by atoms with van der Waals surface area (Å²) in [5.74, 6) is -0.812. The summed E-state index contributed by atoms with van der Waals surface area (Å²) in [7, 11) is 0. The molecule has 0 aliphatic heterocycles. The predicted octanol–water partition coefficient (Wildman–Crippen LogP) is 5.06. The molecule has 0 radical (unpaired) electrons. The largest absolute Gasteiger partial charge is 0.321 e. The van der Waals surface area contributed by atoms with Gasteiger partial charge in [0.1, 0.15) is 5.70 Å². The molecule has 3 aromatic carbocycles. The van der Waals surface area contributed by atoms with Crippen LogP contribution >= 0.6 is 11.6 Å². The molecule has 28 heavy (non-hydrogen) atoms. The molecule has 0 aliphatic carbocycles. The minimum Gasteiger partial charge on any atom is -0.321 e. The van der Waals surface area contributed by atoms with Crippen LogP contribution in [0.25, 0.3) is 6.08 Å². The van der Waals surface area contributed by atoms with Gasteiger partial charge in [0, 0.05) is 16.3 Å². The minimum absolute atomic E-state index is 0.0996. The Hall–Kier alpha value is -3.37. The normalized spacial score (nSPS) is 11.0. The lowest BCUT2D eigenvalue weighted by Crippen LogP contribution is -2.30. The summed E-state index contributed by atoms with van der Waals surface area (Å²) in [5, 5.41) is 5.97. The fraction of sp³-hybridized carbons (Fsp3) is 0.0435. The van der Waals surface area contributed by atoms with Crippen LogP contribution in [0, 0.1) is 6.92 Å². The van der Waals surface area contributed by atoms with Crippen LogP contribution in [0.15, 0.2) is 84.6 Å². The van der Waals surface area contributed by atoms with Gasteiger partial charge in [-0.3, -0.25) is 9.59 Å². The lowest BCUT2D eigenvalue weighted by Gasteiger charge is -2.12. The average molecular weight is 391 g/mol. The molecular weight excluding hydrogens is 372 g/mol. The summed E-state index contributed by atoms with van der Waals surface area (Å²) in [6.07, 6.45) is 1.56. The van der Waals surface area contributed by atoms with E-state index in [1.54, 1.807) is 48.5 Å². The van der Waals surface area contributed by atoms with Gasteiger partial charge in [-0.15, -0.1) is 0 Å². The molecule has 0 aromatic heterocycles. The van der Waals surface area contributed by atoms with Crippen molar-refractivity contribution in [2.24, 2.45) is 0 Å². The van der Waals surface area contributed by atoms with Crippen molar-refractivity contribution in [3.05, 3.63) is 106 Å². The fourth-order valence-corrected chi connectivity index (χ4v) is 2.72. The lowest BCUT2D eigenvalue weighted by molar-refractivity contribution is -0.113. The van der Waals surface area contributed by atoms with Crippen LogP contribution in [0.5, 0.6) is 0 Å². The van der Waals surface area contributed by atoms with Crippen LogP contribution in [0.2, 0.25) is 5.02 Å². The Morgan fingerprint density at radius 3 is 2.18 bits per heavy atom. The van der Waals surface area contributed by atoms with Gasteiger partial charge in [0.25, 0.3) is 11.8 Å². The molecule has 3 rings (SSSR count). The first-order valence-corrected chi connectivity index (χ1v) is 9.11. The van der Waals surface area contributed by atoms with E-state index in [0.717, 1.165) is 5.56 Å². The summed E-state index contributed by atoms with van der Waals surface area (Å²) < 4.78 is 0. The van der Waals surface area contributed by atoms with Crippen molar-refractivity contribution in [1.29, 1.82) is 0 Å². The summed E-state index contributed by atoms with van der Waals surface area (Å²) in [6, 6.07) is 23.3. The Morgan fingerprint density at radius 2 is 1.50 bits per heavy atom. The number of anilines is 1. The Morgan fingerprint density at radius 1 is 0.857 bits per heavy atom. The van der Waals surface area contributed by atoms with Gasteiger partial charge < -0.3 is 10.6 Å². The smallest absolute Gasteiger partial charge is 0.272 e. The van der Waals surface area contributed by atoms with Gasteiger partial charge >= 0.3 is 0 Å². The van der Waals surface area contributed by atoms with Gasteiger partial charge in [0.2, 0.25) is 0 Å². The van der Waals surface area contributed by atoms with E-state index >= 15 is 0 Å². The number of amides is 2. The van der Waals surface area contributed by atoms with Gasteiger partial charge in [-0.2, -0.15) is 0 Å². The quantitative estimate of drug-likeness (QED) is 0.598. The average Bonchev–Trinajstić information content (AvgIpc) is 2.70. The second-order valence-corrected chi connectivity index (χ2v) is 6.63. The zero-order valence-corrected chi connectivity index (χ0v) is 16.0. The number of halogens is 1. The van der Waals surface area contributed by atoms with Crippen LogP contribution in [0.3, 0.4) is 0 Å².